The van der Waals surface area contributed by atoms with Gasteiger partial charge in [-0.25, -0.2) is 0 Å². The summed E-state index contributed by atoms with van der Waals surface area (Å²) < 4.78 is 12.6. The van der Waals surface area contributed by atoms with Crippen molar-refractivity contribution in [3.8, 4) is 0 Å². The number of hydrogen-bond acceptors (Lipinski definition) is 4. The number of ether oxygens (including phenoxy) is 2. The molecule has 2 saturated heterocycles. The number of halogens is 1. The van der Waals surface area contributed by atoms with Crippen LogP contribution in [0.2, 0.25) is 0 Å². The number of nitrogens with zero attached hydrogens (tertiary/aromatic N) is 1. The molecule has 3 aliphatic heterocycles. The summed E-state index contributed by atoms with van der Waals surface area (Å²) in [7, 11) is 0. The molecular weight excluding hydrogens is 410 g/mol. The van der Waals surface area contributed by atoms with Crippen molar-refractivity contribution in [1.82, 2.24) is 4.90 Å². The van der Waals surface area contributed by atoms with Crippen LogP contribution in [0.25, 0.3) is 0 Å². The first-order valence-electron chi connectivity index (χ1n) is 9.42. The van der Waals surface area contributed by atoms with Crippen molar-refractivity contribution in [2.75, 3.05) is 13.2 Å². The van der Waals surface area contributed by atoms with Crippen LogP contribution in [0.15, 0.2) is 40.9 Å². The fourth-order valence-corrected chi connectivity index (χ4v) is 4.66. The van der Waals surface area contributed by atoms with Crippen LogP contribution in [0, 0.1) is 17.8 Å². The van der Waals surface area contributed by atoms with Gasteiger partial charge in [0.25, 0.3) is 0 Å². The van der Waals surface area contributed by atoms with E-state index in [0.29, 0.717) is 13.2 Å². The maximum atomic E-state index is 13.3. The fourth-order valence-electron chi connectivity index (χ4n) is 4.39. The molecule has 0 radical (unpaired) electrons. The average molecular weight is 434 g/mol. The van der Waals surface area contributed by atoms with Gasteiger partial charge in [0.05, 0.1) is 31.2 Å². The van der Waals surface area contributed by atoms with Crippen molar-refractivity contribution in [2.45, 2.75) is 38.5 Å². The van der Waals surface area contributed by atoms with Crippen LogP contribution >= 0.6 is 15.9 Å². The van der Waals surface area contributed by atoms with Gasteiger partial charge in [0, 0.05) is 4.47 Å². The first-order chi connectivity index (χ1) is 12.8. The topological polar surface area (TPSA) is 55.8 Å². The van der Waals surface area contributed by atoms with E-state index in [1.54, 1.807) is 0 Å². The molecule has 27 heavy (non-hydrogen) atoms. The van der Waals surface area contributed by atoms with Gasteiger partial charge in [0.2, 0.25) is 5.91 Å². The van der Waals surface area contributed by atoms with E-state index < -0.39 is 17.4 Å². The Kier molecular flexibility index (Phi) is 4.67. The third-order valence-electron chi connectivity index (χ3n) is 5.78. The average Bonchev–Trinajstić information content (AvgIpc) is 3.28. The van der Waals surface area contributed by atoms with Gasteiger partial charge < -0.3 is 14.4 Å². The smallest absolute Gasteiger partial charge is 0.312 e. The van der Waals surface area contributed by atoms with Gasteiger partial charge >= 0.3 is 5.97 Å². The van der Waals surface area contributed by atoms with Gasteiger partial charge in [-0.1, -0.05) is 54.1 Å². The molecule has 4 rings (SSSR count). The zero-order chi connectivity index (χ0) is 19.3. The molecule has 0 unspecified atom stereocenters. The molecule has 1 aromatic rings. The molecule has 1 spiro atoms. The van der Waals surface area contributed by atoms with Crippen molar-refractivity contribution >= 4 is 27.8 Å². The Morgan fingerprint density at radius 1 is 1.33 bits per heavy atom. The zero-order valence-electron chi connectivity index (χ0n) is 15.7. The van der Waals surface area contributed by atoms with Crippen LogP contribution in [-0.2, 0) is 19.1 Å². The van der Waals surface area contributed by atoms with Crippen LogP contribution in [0.4, 0.5) is 0 Å². The number of esters is 1. The number of amides is 1. The Labute approximate surface area is 167 Å². The molecule has 5 nitrogen and oxygen atoms in total. The molecular formula is C21H24BrNO4. The predicted octanol–water partition coefficient (Wildman–Crippen LogP) is 3.49. The number of benzene rings is 1. The lowest BCUT2D eigenvalue weighted by Gasteiger charge is -2.27. The van der Waals surface area contributed by atoms with E-state index in [1.807, 2.05) is 62.1 Å². The van der Waals surface area contributed by atoms with Crippen LogP contribution < -0.4 is 0 Å². The normalized spacial score (nSPS) is 32.3. The Bertz CT molecular complexity index is 790. The summed E-state index contributed by atoms with van der Waals surface area (Å²) in [6.45, 7) is 6.83. The van der Waals surface area contributed by atoms with E-state index in [9.17, 15) is 9.59 Å². The van der Waals surface area contributed by atoms with Crippen molar-refractivity contribution < 1.29 is 19.1 Å². The second kappa shape index (κ2) is 6.74. The molecule has 1 aromatic carbocycles. The highest BCUT2D eigenvalue weighted by molar-refractivity contribution is 9.10. The number of hydrogen-bond donors (Lipinski definition) is 0. The van der Waals surface area contributed by atoms with E-state index in [-0.39, 0.29) is 29.9 Å². The third-order valence-corrected chi connectivity index (χ3v) is 6.31. The number of carbonyl (C=O) groups excluding carboxylic acids is 2. The molecule has 0 N–H and O–H groups in total. The molecule has 3 heterocycles. The molecule has 2 fully saturated rings. The van der Waals surface area contributed by atoms with Gasteiger partial charge in [-0.15, -0.1) is 0 Å². The van der Waals surface area contributed by atoms with E-state index in [1.165, 1.54) is 0 Å². The highest BCUT2D eigenvalue weighted by atomic mass is 79.9. The van der Waals surface area contributed by atoms with Gasteiger partial charge in [-0.3, -0.25) is 9.59 Å². The number of carbonyl (C=O) groups is 2. The van der Waals surface area contributed by atoms with Crippen LogP contribution in [-0.4, -0.2) is 41.6 Å². The lowest BCUT2D eigenvalue weighted by atomic mass is 9.77. The number of fused-ring (bicyclic) bond motifs is 1. The van der Waals surface area contributed by atoms with Crippen molar-refractivity contribution in [2.24, 2.45) is 17.8 Å². The Hall–Kier alpha value is -1.66. The number of rotatable bonds is 5. The lowest BCUT2D eigenvalue weighted by Crippen LogP contribution is -2.40. The van der Waals surface area contributed by atoms with E-state index >= 15 is 0 Å². The van der Waals surface area contributed by atoms with Crippen molar-refractivity contribution in [1.29, 1.82) is 0 Å². The minimum absolute atomic E-state index is 0.0243. The van der Waals surface area contributed by atoms with Crippen LogP contribution in [0.1, 0.15) is 32.4 Å². The minimum atomic E-state index is -0.701. The monoisotopic (exact) mass is 433 g/mol. The Balaban J connectivity index is 1.57. The first-order valence-corrected chi connectivity index (χ1v) is 10.2. The largest absolute Gasteiger partial charge is 0.465 e. The standard InChI is InChI=1S/C21H24BrNO4/c1-12(2)10-26-20(25)17-16-8-9-21(27-16)11-23(19(24)18(17)21)13(3)14-4-6-15(22)7-5-14/h4-9,12-13,16-18H,10-11H2,1-3H3/t13-,16-,17+,18+,21-/m1/s1. The van der Waals surface area contributed by atoms with E-state index in [2.05, 4.69) is 15.9 Å². The molecule has 0 saturated carbocycles. The van der Waals surface area contributed by atoms with Crippen LogP contribution in [0.5, 0.6) is 0 Å². The second-order valence-corrected chi connectivity index (χ2v) is 9.03. The molecule has 3 aliphatic rings. The second-order valence-electron chi connectivity index (χ2n) is 8.12. The molecule has 1 amide bonds. The summed E-state index contributed by atoms with van der Waals surface area (Å²) in [6, 6.07) is 7.88. The zero-order valence-corrected chi connectivity index (χ0v) is 17.3. The van der Waals surface area contributed by atoms with Crippen LogP contribution in [0.3, 0.4) is 0 Å². The van der Waals surface area contributed by atoms with Gasteiger partial charge in [-0.05, 0) is 30.5 Å². The van der Waals surface area contributed by atoms with Crippen molar-refractivity contribution in [3.63, 3.8) is 0 Å². The predicted molar refractivity (Wildman–Crippen MR) is 104 cm³/mol. The molecule has 144 valence electrons. The Morgan fingerprint density at radius 3 is 2.70 bits per heavy atom. The summed E-state index contributed by atoms with van der Waals surface area (Å²) in [5.41, 5.74) is 0.354. The summed E-state index contributed by atoms with van der Waals surface area (Å²) in [4.78, 5) is 27.8. The highest BCUT2D eigenvalue weighted by Crippen LogP contribution is 2.53. The lowest BCUT2D eigenvalue weighted by molar-refractivity contribution is -0.155. The van der Waals surface area contributed by atoms with Gasteiger partial charge in [-0.2, -0.15) is 0 Å². The summed E-state index contributed by atoms with van der Waals surface area (Å²) >= 11 is 3.44. The van der Waals surface area contributed by atoms with Gasteiger partial charge in [0.15, 0.2) is 0 Å². The Morgan fingerprint density at radius 2 is 2.04 bits per heavy atom. The van der Waals surface area contributed by atoms with E-state index in [0.717, 1.165) is 10.0 Å². The molecule has 5 atom stereocenters. The molecule has 0 aliphatic carbocycles. The quantitative estimate of drug-likeness (QED) is 0.526. The molecule has 2 bridgehead atoms. The SMILES string of the molecule is CC(C)COC(=O)[C@@H]1[C@H]2C(=O)N([C@H](C)c3ccc(Br)cc3)C[C@]23C=C[C@H]1O3. The van der Waals surface area contributed by atoms with Gasteiger partial charge in [0.1, 0.15) is 11.5 Å². The highest BCUT2D eigenvalue weighted by Gasteiger charge is 2.67. The maximum Gasteiger partial charge on any atom is 0.312 e. The fraction of sp³-hybridized carbons (Fsp3) is 0.524. The minimum Gasteiger partial charge on any atom is -0.465 e. The molecule has 0 aromatic heterocycles. The third kappa shape index (κ3) is 3.03. The summed E-state index contributed by atoms with van der Waals surface area (Å²) in [6.07, 6.45) is 3.53. The maximum absolute atomic E-state index is 13.3. The summed E-state index contributed by atoms with van der Waals surface area (Å²) in [5.74, 6) is -1.14. The molecule has 6 heteroatoms. The van der Waals surface area contributed by atoms with E-state index in [4.69, 9.17) is 9.47 Å². The van der Waals surface area contributed by atoms with Crippen molar-refractivity contribution in [3.05, 3.63) is 46.5 Å². The number of likely N-dealkylation sites (tertiary alicyclic amines) is 1. The first kappa shape index (κ1) is 18.7. The summed E-state index contributed by atoms with van der Waals surface area (Å²) in [5, 5.41) is 0.